The SMILES string of the molecule is CC1(c2cccc(OCc3ccc(Cl)cc3F)n2)CCN(Cc2nc3ccc(C(=O)O)cc3n2Cc2cncs2)CC1. The van der Waals surface area contributed by atoms with Crippen molar-refractivity contribution >= 4 is 39.9 Å². The molecule has 42 heavy (non-hydrogen) atoms. The average molecular weight is 606 g/mol. The Morgan fingerprint density at radius 2 is 1.95 bits per heavy atom. The largest absolute Gasteiger partial charge is 0.478 e. The lowest BCUT2D eigenvalue weighted by molar-refractivity contribution is 0.0697. The van der Waals surface area contributed by atoms with E-state index in [4.69, 9.17) is 26.3 Å². The van der Waals surface area contributed by atoms with Crippen LogP contribution < -0.4 is 4.74 Å². The number of pyridine rings is 1. The highest BCUT2D eigenvalue weighted by Crippen LogP contribution is 2.35. The van der Waals surface area contributed by atoms with E-state index in [1.54, 1.807) is 53.2 Å². The van der Waals surface area contributed by atoms with Crippen molar-refractivity contribution in [3.05, 3.63) is 105 Å². The average Bonchev–Trinajstić information content (AvgIpc) is 3.62. The normalized spacial score (nSPS) is 15.2. The van der Waals surface area contributed by atoms with Crippen molar-refractivity contribution in [2.75, 3.05) is 13.1 Å². The van der Waals surface area contributed by atoms with Crippen LogP contribution in [0, 0.1) is 5.82 Å². The van der Waals surface area contributed by atoms with Crippen LogP contribution in [0.25, 0.3) is 11.0 Å². The molecule has 8 nitrogen and oxygen atoms in total. The molecule has 11 heteroatoms. The minimum absolute atomic E-state index is 0.0699. The number of piperidine rings is 1. The number of ether oxygens (including phenoxy) is 1. The predicted octanol–water partition coefficient (Wildman–Crippen LogP) is 6.56. The molecule has 1 aliphatic heterocycles. The van der Waals surface area contributed by atoms with Crippen LogP contribution in [0.4, 0.5) is 4.39 Å². The summed E-state index contributed by atoms with van der Waals surface area (Å²) in [6, 6.07) is 15.4. The number of fused-ring (bicyclic) bond motifs is 1. The van der Waals surface area contributed by atoms with E-state index in [0.29, 0.717) is 29.6 Å². The summed E-state index contributed by atoms with van der Waals surface area (Å²) in [5, 5.41) is 9.89. The number of carbonyl (C=O) groups is 1. The Kier molecular flexibility index (Phi) is 7.94. The number of carboxylic acid groups (broad SMARTS) is 1. The third kappa shape index (κ3) is 6.01. The van der Waals surface area contributed by atoms with Gasteiger partial charge in [0.05, 0.1) is 40.9 Å². The summed E-state index contributed by atoms with van der Waals surface area (Å²) in [6.45, 7) is 5.23. The third-order valence-electron chi connectivity index (χ3n) is 7.93. The van der Waals surface area contributed by atoms with Crippen molar-refractivity contribution in [1.82, 2.24) is 24.4 Å². The number of likely N-dealkylation sites (tertiary alicyclic amines) is 1. The first-order valence-corrected chi connectivity index (χ1v) is 14.9. The van der Waals surface area contributed by atoms with Crippen LogP contribution in [-0.2, 0) is 25.1 Å². The van der Waals surface area contributed by atoms with Gasteiger partial charge < -0.3 is 14.4 Å². The number of imidazole rings is 1. The van der Waals surface area contributed by atoms with Gasteiger partial charge in [0.15, 0.2) is 0 Å². The van der Waals surface area contributed by atoms with Gasteiger partial charge in [-0.05, 0) is 62.3 Å². The highest BCUT2D eigenvalue weighted by Gasteiger charge is 2.34. The van der Waals surface area contributed by atoms with Crippen LogP contribution in [-0.4, -0.2) is 48.6 Å². The van der Waals surface area contributed by atoms with Crippen molar-refractivity contribution in [1.29, 1.82) is 0 Å². The minimum atomic E-state index is -0.959. The van der Waals surface area contributed by atoms with Crippen LogP contribution in [0.3, 0.4) is 0 Å². The van der Waals surface area contributed by atoms with E-state index < -0.39 is 11.8 Å². The van der Waals surface area contributed by atoms with E-state index >= 15 is 0 Å². The summed E-state index contributed by atoms with van der Waals surface area (Å²) in [6.07, 6.45) is 3.63. The Morgan fingerprint density at radius 3 is 2.69 bits per heavy atom. The molecule has 0 bridgehead atoms. The molecule has 4 heterocycles. The number of hydrogen-bond acceptors (Lipinski definition) is 7. The fraction of sp³-hybridized carbons (Fsp3) is 0.290. The van der Waals surface area contributed by atoms with E-state index in [0.717, 1.165) is 53.4 Å². The van der Waals surface area contributed by atoms with Crippen molar-refractivity contribution in [3.63, 3.8) is 0 Å². The summed E-state index contributed by atoms with van der Waals surface area (Å²) < 4.78 is 22.1. The number of benzene rings is 2. The van der Waals surface area contributed by atoms with E-state index in [1.165, 1.54) is 6.07 Å². The first-order chi connectivity index (χ1) is 20.3. The van der Waals surface area contributed by atoms with Gasteiger partial charge in [-0.15, -0.1) is 11.3 Å². The van der Waals surface area contributed by atoms with Gasteiger partial charge >= 0.3 is 5.97 Å². The van der Waals surface area contributed by atoms with E-state index in [9.17, 15) is 14.3 Å². The quantitative estimate of drug-likeness (QED) is 0.203. The Hall–Kier alpha value is -3.86. The van der Waals surface area contributed by atoms with Gasteiger partial charge in [-0.3, -0.25) is 9.88 Å². The Morgan fingerprint density at radius 1 is 1.12 bits per heavy atom. The second-order valence-corrected chi connectivity index (χ2v) is 12.2. The number of hydrogen-bond donors (Lipinski definition) is 1. The molecule has 2 aromatic carbocycles. The van der Waals surface area contributed by atoms with Gasteiger partial charge in [0, 0.05) is 33.1 Å². The minimum Gasteiger partial charge on any atom is -0.478 e. The molecule has 0 aliphatic carbocycles. The topological polar surface area (TPSA) is 93.4 Å². The lowest BCUT2D eigenvalue weighted by Crippen LogP contribution is -2.41. The van der Waals surface area contributed by atoms with Crippen molar-refractivity contribution in [3.8, 4) is 5.88 Å². The van der Waals surface area contributed by atoms with Crippen molar-refractivity contribution < 1.29 is 19.0 Å². The van der Waals surface area contributed by atoms with E-state index in [2.05, 4.69) is 21.4 Å². The molecule has 0 unspecified atom stereocenters. The van der Waals surface area contributed by atoms with Gasteiger partial charge in [0.25, 0.3) is 0 Å². The molecule has 0 atom stereocenters. The zero-order valence-corrected chi connectivity index (χ0v) is 24.5. The molecule has 0 saturated carbocycles. The van der Waals surface area contributed by atoms with Gasteiger partial charge in [0.1, 0.15) is 18.2 Å². The maximum absolute atomic E-state index is 14.2. The van der Waals surface area contributed by atoms with E-state index in [-0.39, 0.29) is 17.6 Å². The zero-order valence-electron chi connectivity index (χ0n) is 23.0. The monoisotopic (exact) mass is 605 g/mol. The number of halogens is 2. The number of aromatic carboxylic acids is 1. The van der Waals surface area contributed by atoms with Gasteiger partial charge in [-0.1, -0.05) is 30.7 Å². The summed E-state index contributed by atoms with van der Waals surface area (Å²) in [5.41, 5.74) is 4.86. The number of nitrogens with zero attached hydrogens (tertiary/aromatic N) is 5. The second-order valence-electron chi connectivity index (χ2n) is 10.8. The number of thiazole rings is 1. The molecule has 1 N–H and O–H groups in total. The molecule has 0 amide bonds. The smallest absolute Gasteiger partial charge is 0.335 e. The predicted molar refractivity (Wildman–Crippen MR) is 160 cm³/mol. The Balaban J connectivity index is 1.15. The molecule has 216 valence electrons. The van der Waals surface area contributed by atoms with Crippen molar-refractivity contribution in [2.24, 2.45) is 0 Å². The summed E-state index contributed by atoms with van der Waals surface area (Å²) >= 11 is 7.43. The number of aromatic nitrogens is 4. The van der Waals surface area contributed by atoms with Crippen LogP contribution in [0.2, 0.25) is 5.02 Å². The molecule has 1 saturated heterocycles. The second kappa shape index (κ2) is 11.8. The maximum atomic E-state index is 14.2. The lowest BCUT2D eigenvalue weighted by Gasteiger charge is -2.39. The molecule has 3 aromatic heterocycles. The molecule has 0 spiro atoms. The molecular formula is C31H29ClFN5O3S. The van der Waals surface area contributed by atoms with Gasteiger partial charge in [-0.25, -0.2) is 19.2 Å². The molecule has 5 aromatic rings. The Labute approximate surface area is 251 Å². The summed E-state index contributed by atoms with van der Waals surface area (Å²) in [7, 11) is 0. The zero-order chi connectivity index (χ0) is 29.3. The molecular weight excluding hydrogens is 577 g/mol. The molecule has 1 fully saturated rings. The standard InChI is InChI=1S/C31H29ClFN5O3S/c1-31(27-3-2-4-29(36-27)41-18-21-5-7-22(32)14-24(21)33)9-11-37(12-10-31)17-28-35-25-8-6-20(30(39)40)13-26(25)38(28)16-23-15-34-19-42-23/h2-8,13-15,19H,9-12,16-18H2,1H3,(H,39,40). The third-order valence-corrected chi connectivity index (χ3v) is 8.93. The molecule has 0 radical (unpaired) electrons. The highest BCUT2D eigenvalue weighted by molar-refractivity contribution is 7.09. The van der Waals surface area contributed by atoms with E-state index in [1.807, 2.05) is 18.3 Å². The van der Waals surface area contributed by atoms with Gasteiger partial charge in [0.2, 0.25) is 5.88 Å². The fourth-order valence-corrected chi connectivity index (χ4v) is 6.10. The molecule has 6 rings (SSSR count). The number of carboxylic acids is 1. The van der Waals surface area contributed by atoms with Crippen molar-refractivity contribution in [2.45, 2.75) is 44.9 Å². The first kappa shape index (κ1) is 28.3. The van der Waals surface area contributed by atoms with Crippen LogP contribution >= 0.6 is 22.9 Å². The molecule has 1 aliphatic rings. The summed E-state index contributed by atoms with van der Waals surface area (Å²) in [4.78, 5) is 29.0. The fourth-order valence-electron chi connectivity index (χ4n) is 5.36. The lowest BCUT2D eigenvalue weighted by atomic mass is 9.77. The first-order valence-electron chi connectivity index (χ1n) is 13.6. The van der Waals surface area contributed by atoms with Crippen LogP contribution in [0.1, 0.15) is 52.1 Å². The van der Waals surface area contributed by atoms with Gasteiger partial charge in [-0.2, -0.15) is 0 Å². The van der Waals surface area contributed by atoms with Crippen LogP contribution in [0.5, 0.6) is 5.88 Å². The summed E-state index contributed by atoms with van der Waals surface area (Å²) in [5.74, 6) is -0.00376. The Bertz CT molecular complexity index is 1730. The van der Waals surface area contributed by atoms with Crippen LogP contribution in [0.15, 0.2) is 66.3 Å². The maximum Gasteiger partial charge on any atom is 0.335 e. The highest BCUT2D eigenvalue weighted by atomic mass is 35.5. The number of rotatable bonds is 9.